The lowest BCUT2D eigenvalue weighted by Crippen LogP contribution is -2.45. The first-order valence-electron chi connectivity index (χ1n) is 9.17. The van der Waals surface area contributed by atoms with Crippen LogP contribution in [0.2, 0.25) is 0 Å². The summed E-state index contributed by atoms with van der Waals surface area (Å²) in [5, 5.41) is 2.92. The second kappa shape index (κ2) is 8.22. The number of rotatable bonds is 5. The number of benzene rings is 1. The van der Waals surface area contributed by atoms with Crippen molar-refractivity contribution >= 4 is 33.6 Å². The van der Waals surface area contributed by atoms with Crippen molar-refractivity contribution in [2.75, 3.05) is 30.8 Å². The molecule has 0 aromatic heterocycles. The van der Waals surface area contributed by atoms with Gasteiger partial charge in [0.15, 0.2) is 0 Å². The zero-order valence-electron chi connectivity index (χ0n) is 15.4. The predicted octanol–water partition coefficient (Wildman–Crippen LogP) is 1.37. The van der Waals surface area contributed by atoms with Gasteiger partial charge in [-0.05, 0) is 43.0 Å². The van der Waals surface area contributed by atoms with Gasteiger partial charge in [0, 0.05) is 43.9 Å². The molecule has 2 fully saturated rings. The summed E-state index contributed by atoms with van der Waals surface area (Å²) in [6, 6.07) is 7.54. The van der Waals surface area contributed by atoms with Crippen LogP contribution in [0.15, 0.2) is 30.3 Å². The van der Waals surface area contributed by atoms with Crippen LogP contribution in [0.3, 0.4) is 0 Å². The number of nitrogens with zero attached hydrogens (tertiary/aromatic N) is 2. The van der Waals surface area contributed by atoms with Crippen LogP contribution >= 0.6 is 0 Å². The molecule has 2 aliphatic heterocycles. The maximum atomic E-state index is 12.1. The molecule has 2 aliphatic rings. The molecule has 1 aromatic rings. The molecule has 8 heteroatoms. The number of carbonyl (C=O) groups is 2. The van der Waals surface area contributed by atoms with E-state index in [9.17, 15) is 18.0 Å². The molecule has 0 atom stereocenters. The summed E-state index contributed by atoms with van der Waals surface area (Å²) >= 11 is 0. The fourth-order valence-corrected chi connectivity index (χ4v) is 4.31. The van der Waals surface area contributed by atoms with Gasteiger partial charge in [0.1, 0.15) is 0 Å². The Morgan fingerprint density at radius 1 is 1.15 bits per heavy atom. The van der Waals surface area contributed by atoms with Crippen molar-refractivity contribution in [2.45, 2.75) is 31.7 Å². The molecule has 27 heavy (non-hydrogen) atoms. The van der Waals surface area contributed by atoms with Gasteiger partial charge in [-0.2, -0.15) is 0 Å². The summed E-state index contributed by atoms with van der Waals surface area (Å²) in [5.74, 6) is -0.0359. The average Bonchev–Trinajstić information content (AvgIpc) is 3.06. The molecular formula is C19H25N3O4S. The van der Waals surface area contributed by atoms with Crippen LogP contribution in [-0.2, 0) is 19.6 Å². The summed E-state index contributed by atoms with van der Waals surface area (Å²) in [7, 11) is -3.16. The van der Waals surface area contributed by atoms with Crippen LogP contribution in [0.5, 0.6) is 0 Å². The summed E-state index contributed by atoms with van der Waals surface area (Å²) in [6.07, 6.45) is 7.15. The molecule has 0 unspecified atom stereocenters. The monoisotopic (exact) mass is 391 g/mol. The van der Waals surface area contributed by atoms with E-state index < -0.39 is 10.0 Å². The molecule has 7 nitrogen and oxygen atoms in total. The lowest BCUT2D eigenvalue weighted by atomic mass is 10.1. The van der Waals surface area contributed by atoms with E-state index in [0.29, 0.717) is 32.4 Å². The molecule has 0 spiro atoms. The molecule has 1 aromatic carbocycles. The third-order valence-corrected chi connectivity index (χ3v) is 6.28. The number of carbonyl (C=O) groups excluding carboxylic acids is 2. The SMILES string of the molecule is CS(=O)(=O)N1CCC(NC(=O)/C=C/c2ccc(N3CCCC3=O)cc2)CC1. The molecule has 0 saturated carbocycles. The van der Waals surface area contributed by atoms with E-state index in [4.69, 9.17) is 0 Å². The fourth-order valence-electron chi connectivity index (χ4n) is 3.44. The first-order valence-corrected chi connectivity index (χ1v) is 11.0. The molecule has 2 saturated heterocycles. The summed E-state index contributed by atoms with van der Waals surface area (Å²) in [5.41, 5.74) is 1.77. The van der Waals surface area contributed by atoms with Gasteiger partial charge in [-0.15, -0.1) is 0 Å². The first kappa shape index (κ1) is 19.6. The normalized spacial score (nSPS) is 19.7. The molecule has 2 amide bonds. The minimum Gasteiger partial charge on any atom is -0.350 e. The first-order chi connectivity index (χ1) is 12.8. The molecular weight excluding hydrogens is 366 g/mol. The van der Waals surface area contributed by atoms with Crippen molar-refractivity contribution in [2.24, 2.45) is 0 Å². The standard InChI is InChI=1S/C19H25N3O4S/c1-27(25,26)21-13-10-16(11-14-21)20-18(23)9-6-15-4-7-17(8-5-15)22-12-2-3-19(22)24/h4-9,16H,2-3,10-14H2,1H3,(H,20,23)/b9-6+. The van der Waals surface area contributed by atoms with Gasteiger partial charge in [-0.3, -0.25) is 9.59 Å². The Morgan fingerprint density at radius 2 is 1.81 bits per heavy atom. The number of sulfonamides is 1. The Balaban J connectivity index is 1.49. The van der Waals surface area contributed by atoms with Crippen LogP contribution < -0.4 is 10.2 Å². The van der Waals surface area contributed by atoms with Gasteiger partial charge < -0.3 is 10.2 Å². The van der Waals surface area contributed by atoms with Gasteiger partial charge >= 0.3 is 0 Å². The highest BCUT2D eigenvalue weighted by Crippen LogP contribution is 2.22. The number of anilines is 1. The smallest absolute Gasteiger partial charge is 0.244 e. The number of hydrogen-bond donors (Lipinski definition) is 1. The van der Waals surface area contributed by atoms with Crippen molar-refractivity contribution in [1.82, 2.24) is 9.62 Å². The maximum absolute atomic E-state index is 12.1. The van der Waals surface area contributed by atoms with Crippen LogP contribution in [-0.4, -0.2) is 56.5 Å². The number of hydrogen-bond acceptors (Lipinski definition) is 4. The number of amides is 2. The maximum Gasteiger partial charge on any atom is 0.244 e. The predicted molar refractivity (Wildman–Crippen MR) is 105 cm³/mol. The molecule has 3 rings (SSSR count). The van der Waals surface area contributed by atoms with Crippen molar-refractivity contribution in [3.8, 4) is 0 Å². The van der Waals surface area contributed by atoms with Crippen LogP contribution in [0.25, 0.3) is 6.08 Å². The van der Waals surface area contributed by atoms with Crippen molar-refractivity contribution in [3.63, 3.8) is 0 Å². The average molecular weight is 391 g/mol. The lowest BCUT2D eigenvalue weighted by molar-refractivity contribution is -0.118. The zero-order chi connectivity index (χ0) is 19.4. The third kappa shape index (κ3) is 5.17. The highest BCUT2D eigenvalue weighted by molar-refractivity contribution is 7.88. The van der Waals surface area contributed by atoms with Gasteiger partial charge in [0.05, 0.1) is 6.26 Å². The van der Waals surface area contributed by atoms with E-state index in [1.165, 1.54) is 16.6 Å². The zero-order valence-corrected chi connectivity index (χ0v) is 16.2. The van der Waals surface area contributed by atoms with E-state index in [1.807, 2.05) is 24.3 Å². The van der Waals surface area contributed by atoms with Crippen molar-refractivity contribution in [3.05, 3.63) is 35.9 Å². The number of piperidine rings is 1. The minimum atomic E-state index is -3.16. The molecule has 0 bridgehead atoms. The molecule has 0 radical (unpaired) electrons. The second-order valence-corrected chi connectivity index (χ2v) is 9.00. The minimum absolute atomic E-state index is 0.0105. The Labute approximate surface area is 160 Å². The topological polar surface area (TPSA) is 86.8 Å². The van der Waals surface area contributed by atoms with Gasteiger partial charge in [0.2, 0.25) is 21.8 Å². The van der Waals surface area contributed by atoms with Crippen LogP contribution in [0.4, 0.5) is 5.69 Å². The highest BCUT2D eigenvalue weighted by Gasteiger charge is 2.25. The van der Waals surface area contributed by atoms with Crippen molar-refractivity contribution < 1.29 is 18.0 Å². The Morgan fingerprint density at radius 3 is 2.37 bits per heavy atom. The largest absolute Gasteiger partial charge is 0.350 e. The van der Waals surface area contributed by atoms with E-state index >= 15 is 0 Å². The van der Waals surface area contributed by atoms with E-state index in [0.717, 1.165) is 24.2 Å². The van der Waals surface area contributed by atoms with Crippen LogP contribution in [0, 0.1) is 0 Å². The number of nitrogens with one attached hydrogen (secondary N) is 1. The second-order valence-electron chi connectivity index (χ2n) is 7.02. The Hall–Kier alpha value is -2.19. The summed E-state index contributed by atoms with van der Waals surface area (Å²) in [4.78, 5) is 25.6. The van der Waals surface area contributed by atoms with E-state index in [1.54, 1.807) is 11.0 Å². The highest BCUT2D eigenvalue weighted by atomic mass is 32.2. The van der Waals surface area contributed by atoms with Gasteiger partial charge in [-0.25, -0.2) is 12.7 Å². The van der Waals surface area contributed by atoms with E-state index in [-0.39, 0.29) is 17.9 Å². The summed E-state index contributed by atoms with van der Waals surface area (Å²) < 4.78 is 24.5. The van der Waals surface area contributed by atoms with Crippen molar-refractivity contribution in [1.29, 1.82) is 0 Å². The lowest BCUT2D eigenvalue weighted by Gasteiger charge is -2.30. The molecule has 2 heterocycles. The third-order valence-electron chi connectivity index (χ3n) is 4.97. The van der Waals surface area contributed by atoms with Gasteiger partial charge in [0.25, 0.3) is 0 Å². The molecule has 0 aliphatic carbocycles. The Bertz CT molecular complexity index is 825. The molecule has 1 N–H and O–H groups in total. The fraction of sp³-hybridized carbons (Fsp3) is 0.474. The summed E-state index contributed by atoms with van der Waals surface area (Å²) in [6.45, 7) is 1.63. The van der Waals surface area contributed by atoms with Gasteiger partial charge in [-0.1, -0.05) is 12.1 Å². The molecule has 146 valence electrons. The quantitative estimate of drug-likeness (QED) is 0.768. The van der Waals surface area contributed by atoms with Crippen LogP contribution in [0.1, 0.15) is 31.2 Å². The van der Waals surface area contributed by atoms with E-state index in [2.05, 4.69) is 5.32 Å². The Kier molecular flexibility index (Phi) is 5.96.